The summed E-state index contributed by atoms with van der Waals surface area (Å²) >= 11 is 5.92. The third kappa shape index (κ3) is 5.24. The van der Waals surface area contributed by atoms with Gasteiger partial charge in [-0.05, 0) is 74.3 Å². The van der Waals surface area contributed by atoms with Gasteiger partial charge in [-0.2, -0.15) is 0 Å². The van der Waals surface area contributed by atoms with Crippen LogP contribution in [0.5, 0.6) is 5.75 Å². The Morgan fingerprint density at radius 3 is 2.38 bits per heavy atom. The summed E-state index contributed by atoms with van der Waals surface area (Å²) in [5, 5.41) is 0.511. The first-order valence-corrected chi connectivity index (χ1v) is 12.0. The van der Waals surface area contributed by atoms with Gasteiger partial charge in [-0.25, -0.2) is 8.42 Å². The van der Waals surface area contributed by atoms with Gasteiger partial charge in [0.15, 0.2) is 0 Å². The topological polar surface area (TPSA) is 49.9 Å². The standard InChI is InChI=1S/C22H29ClN2O3S/c1-3-12-24(13-4-2)14-11-18-5-10-22-21(17-18)25(15-16-28-22)29(26,27)20-8-6-19(23)7-9-20/h5-10,17H,3-4,11-16H2,1-2H3. The van der Waals surface area contributed by atoms with Gasteiger partial charge in [0.2, 0.25) is 0 Å². The Morgan fingerprint density at radius 2 is 1.72 bits per heavy atom. The van der Waals surface area contributed by atoms with E-state index >= 15 is 0 Å². The van der Waals surface area contributed by atoms with Crippen LogP contribution in [0.4, 0.5) is 5.69 Å². The zero-order valence-corrected chi connectivity index (χ0v) is 18.7. The molecule has 1 aliphatic heterocycles. The summed E-state index contributed by atoms with van der Waals surface area (Å²) < 4.78 is 33.6. The maximum absolute atomic E-state index is 13.2. The minimum absolute atomic E-state index is 0.234. The van der Waals surface area contributed by atoms with E-state index in [1.54, 1.807) is 24.3 Å². The molecule has 0 fully saturated rings. The smallest absolute Gasteiger partial charge is 0.264 e. The van der Waals surface area contributed by atoms with Crippen LogP contribution >= 0.6 is 11.6 Å². The maximum Gasteiger partial charge on any atom is 0.264 e. The highest BCUT2D eigenvalue weighted by Crippen LogP contribution is 2.36. The number of fused-ring (bicyclic) bond motifs is 1. The second-order valence-corrected chi connectivity index (χ2v) is 9.57. The average molecular weight is 437 g/mol. The van der Waals surface area contributed by atoms with Crippen molar-refractivity contribution in [2.45, 2.75) is 38.0 Å². The number of hydrogen-bond donors (Lipinski definition) is 0. The summed E-state index contributed by atoms with van der Waals surface area (Å²) in [7, 11) is -3.67. The van der Waals surface area contributed by atoms with E-state index in [1.807, 2.05) is 18.2 Å². The molecule has 0 unspecified atom stereocenters. The predicted octanol–water partition coefficient (Wildman–Crippen LogP) is 4.59. The van der Waals surface area contributed by atoms with E-state index in [9.17, 15) is 8.42 Å². The fraction of sp³-hybridized carbons (Fsp3) is 0.455. The largest absolute Gasteiger partial charge is 0.489 e. The summed E-state index contributed by atoms with van der Waals surface area (Å²) in [6.45, 7) is 8.14. The Balaban J connectivity index is 1.84. The molecule has 29 heavy (non-hydrogen) atoms. The van der Waals surface area contributed by atoms with E-state index in [-0.39, 0.29) is 4.90 Å². The Morgan fingerprint density at radius 1 is 1.03 bits per heavy atom. The zero-order valence-electron chi connectivity index (χ0n) is 17.1. The molecular formula is C22H29ClN2O3S. The van der Waals surface area contributed by atoms with Crippen LogP contribution in [0.2, 0.25) is 5.02 Å². The van der Waals surface area contributed by atoms with Crippen molar-refractivity contribution in [2.24, 2.45) is 0 Å². The molecule has 1 aliphatic rings. The van der Waals surface area contributed by atoms with Gasteiger partial charge < -0.3 is 9.64 Å². The van der Waals surface area contributed by atoms with Crippen molar-refractivity contribution in [1.82, 2.24) is 4.90 Å². The third-order valence-electron chi connectivity index (χ3n) is 5.04. The van der Waals surface area contributed by atoms with Crippen molar-refractivity contribution in [3.63, 3.8) is 0 Å². The summed E-state index contributed by atoms with van der Waals surface area (Å²) in [4.78, 5) is 2.69. The molecule has 2 aromatic rings. The number of benzene rings is 2. The lowest BCUT2D eigenvalue weighted by Gasteiger charge is -2.31. The van der Waals surface area contributed by atoms with Crippen LogP contribution in [-0.4, -0.2) is 46.1 Å². The van der Waals surface area contributed by atoms with Crippen LogP contribution < -0.4 is 9.04 Å². The lowest BCUT2D eigenvalue weighted by atomic mass is 10.1. The van der Waals surface area contributed by atoms with Crippen LogP contribution in [0.15, 0.2) is 47.4 Å². The maximum atomic E-state index is 13.2. The van der Waals surface area contributed by atoms with Gasteiger partial charge in [0.05, 0.1) is 17.1 Å². The fourth-order valence-electron chi connectivity index (χ4n) is 3.63. The van der Waals surface area contributed by atoms with Crippen molar-refractivity contribution in [1.29, 1.82) is 0 Å². The van der Waals surface area contributed by atoms with E-state index in [2.05, 4.69) is 18.7 Å². The van der Waals surface area contributed by atoms with Crippen molar-refractivity contribution >= 4 is 27.3 Å². The molecule has 0 amide bonds. The number of nitrogens with zero attached hydrogens (tertiary/aromatic N) is 2. The lowest BCUT2D eigenvalue weighted by molar-refractivity contribution is 0.278. The van der Waals surface area contributed by atoms with E-state index in [1.165, 1.54) is 4.31 Å². The van der Waals surface area contributed by atoms with Crippen molar-refractivity contribution < 1.29 is 13.2 Å². The van der Waals surface area contributed by atoms with Gasteiger partial charge in [0, 0.05) is 11.6 Å². The van der Waals surface area contributed by atoms with Crippen LogP contribution in [0.25, 0.3) is 0 Å². The highest BCUT2D eigenvalue weighted by atomic mass is 35.5. The molecule has 0 aromatic heterocycles. The first kappa shape index (κ1) is 21.9. The molecule has 0 atom stereocenters. The number of hydrogen-bond acceptors (Lipinski definition) is 4. The molecular weight excluding hydrogens is 408 g/mol. The molecule has 1 heterocycles. The Labute approximate surface area is 179 Å². The number of anilines is 1. The summed E-state index contributed by atoms with van der Waals surface area (Å²) in [5.41, 5.74) is 1.73. The molecule has 2 aromatic carbocycles. The van der Waals surface area contributed by atoms with Gasteiger partial charge in [-0.1, -0.05) is 31.5 Å². The summed E-state index contributed by atoms with van der Waals surface area (Å²) in [6, 6.07) is 12.2. The van der Waals surface area contributed by atoms with Crippen molar-refractivity contribution in [2.75, 3.05) is 37.1 Å². The zero-order chi connectivity index (χ0) is 20.9. The Bertz CT molecular complexity index is 910. The second-order valence-electron chi connectivity index (χ2n) is 7.27. The minimum Gasteiger partial charge on any atom is -0.489 e. The summed E-state index contributed by atoms with van der Waals surface area (Å²) in [6.07, 6.45) is 3.14. The lowest BCUT2D eigenvalue weighted by Crippen LogP contribution is -2.38. The van der Waals surface area contributed by atoms with Gasteiger partial charge in [0.25, 0.3) is 10.0 Å². The molecule has 0 spiro atoms. The van der Waals surface area contributed by atoms with Crippen molar-refractivity contribution in [3.05, 3.63) is 53.1 Å². The quantitative estimate of drug-likeness (QED) is 0.576. The van der Waals surface area contributed by atoms with Gasteiger partial charge in [-0.15, -0.1) is 0 Å². The molecule has 7 heteroatoms. The number of sulfonamides is 1. The SMILES string of the molecule is CCCN(CCC)CCc1ccc2c(c1)N(S(=O)(=O)c1ccc(Cl)cc1)CCO2. The molecule has 0 bridgehead atoms. The minimum atomic E-state index is -3.67. The third-order valence-corrected chi connectivity index (χ3v) is 7.12. The number of ether oxygens (including phenoxy) is 1. The molecule has 0 aliphatic carbocycles. The highest BCUT2D eigenvalue weighted by molar-refractivity contribution is 7.92. The summed E-state index contributed by atoms with van der Waals surface area (Å²) in [5.74, 6) is 0.608. The Hall–Kier alpha value is -1.76. The first-order chi connectivity index (χ1) is 14.0. The van der Waals surface area contributed by atoms with E-state index in [0.717, 1.165) is 44.5 Å². The van der Waals surface area contributed by atoms with Crippen LogP contribution in [0, 0.1) is 0 Å². The van der Waals surface area contributed by atoms with Crippen LogP contribution in [0.1, 0.15) is 32.3 Å². The molecule has 5 nitrogen and oxygen atoms in total. The monoisotopic (exact) mass is 436 g/mol. The molecule has 0 N–H and O–H groups in total. The molecule has 158 valence electrons. The van der Waals surface area contributed by atoms with Crippen LogP contribution in [-0.2, 0) is 16.4 Å². The first-order valence-electron chi connectivity index (χ1n) is 10.2. The number of halogens is 1. The molecule has 0 radical (unpaired) electrons. The Kier molecular flexibility index (Phi) is 7.44. The van der Waals surface area contributed by atoms with Crippen LogP contribution in [0.3, 0.4) is 0 Å². The average Bonchev–Trinajstić information content (AvgIpc) is 2.72. The van der Waals surface area contributed by atoms with Gasteiger partial charge >= 0.3 is 0 Å². The van der Waals surface area contributed by atoms with Gasteiger partial charge in [0.1, 0.15) is 12.4 Å². The highest BCUT2D eigenvalue weighted by Gasteiger charge is 2.30. The van der Waals surface area contributed by atoms with E-state index < -0.39 is 10.0 Å². The molecule has 0 saturated carbocycles. The predicted molar refractivity (Wildman–Crippen MR) is 119 cm³/mol. The van der Waals surface area contributed by atoms with Crippen molar-refractivity contribution in [3.8, 4) is 5.75 Å². The second kappa shape index (κ2) is 9.83. The van der Waals surface area contributed by atoms with E-state index in [4.69, 9.17) is 16.3 Å². The molecule has 0 saturated heterocycles. The van der Waals surface area contributed by atoms with E-state index in [0.29, 0.717) is 29.6 Å². The normalized spacial score (nSPS) is 14.0. The molecule has 3 rings (SSSR count). The fourth-order valence-corrected chi connectivity index (χ4v) is 5.21. The van der Waals surface area contributed by atoms with Gasteiger partial charge in [-0.3, -0.25) is 4.31 Å². The number of rotatable bonds is 9.